The highest BCUT2D eigenvalue weighted by Crippen LogP contribution is 2.35. The lowest BCUT2D eigenvalue weighted by Gasteiger charge is -2.35. The molecule has 1 aromatic carbocycles. The van der Waals surface area contributed by atoms with Gasteiger partial charge in [0.15, 0.2) is 17.5 Å². The minimum Gasteiger partial charge on any atom is -0.382 e. The lowest BCUT2D eigenvalue weighted by molar-refractivity contribution is -0.124. The molecule has 0 radical (unpaired) electrons. The number of hydrogen-bond donors (Lipinski definition) is 2. The SMILES string of the molecule is C[C@H]1Cn2ncc(N3CC(c4ccccn4)C(O)C3=O)c2CN1C(=O)Nc1cc(F)c(F)c(F)c1. The van der Waals surface area contributed by atoms with Crippen LogP contribution in [0.4, 0.5) is 29.3 Å². The van der Waals surface area contributed by atoms with Crippen LogP contribution in [0.2, 0.25) is 0 Å². The van der Waals surface area contributed by atoms with Crippen LogP contribution in [0.25, 0.3) is 0 Å². The molecule has 0 saturated carbocycles. The molecule has 2 aliphatic rings. The average Bonchev–Trinajstić information content (AvgIpc) is 3.37. The van der Waals surface area contributed by atoms with Crippen molar-refractivity contribution in [1.82, 2.24) is 19.7 Å². The van der Waals surface area contributed by atoms with Crippen LogP contribution in [0.5, 0.6) is 0 Å². The van der Waals surface area contributed by atoms with E-state index in [0.29, 0.717) is 35.8 Å². The normalized spacial score (nSPS) is 21.9. The summed E-state index contributed by atoms with van der Waals surface area (Å²) in [4.78, 5) is 32.9. The number of hydrogen-bond acceptors (Lipinski definition) is 5. The second-order valence-corrected chi connectivity index (χ2v) is 8.57. The van der Waals surface area contributed by atoms with Crippen molar-refractivity contribution >= 4 is 23.3 Å². The van der Waals surface area contributed by atoms with Crippen LogP contribution in [0, 0.1) is 17.5 Å². The minimum absolute atomic E-state index is 0.0443. The van der Waals surface area contributed by atoms with Crippen molar-refractivity contribution in [3.63, 3.8) is 0 Å². The van der Waals surface area contributed by atoms with Crippen molar-refractivity contribution in [1.29, 1.82) is 0 Å². The summed E-state index contributed by atoms with van der Waals surface area (Å²) < 4.78 is 42.0. The largest absolute Gasteiger partial charge is 0.382 e. The zero-order valence-electron chi connectivity index (χ0n) is 18.5. The number of nitrogens with zero attached hydrogens (tertiary/aromatic N) is 5. The maximum Gasteiger partial charge on any atom is 0.322 e. The minimum atomic E-state index is -1.62. The number of amides is 3. The van der Waals surface area contributed by atoms with Crippen LogP contribution >= 0.6 is 0 Å². The number of aromatic nitrogens is 3. The van der Waals surface area contributed by atoms with Crippen LogP contribution in [-0.4, -0.2) is 55.4 Å². The zero-order chi connectivity index (χ0) is 24.9. The van der Waals surface area contributed by atoms with Gasteiger partial charge >= 0.3 is 6.03 Å². The summed E-state index contributed by atoms with van der Waals surface area (Å²) in [6.45, 7) is 2.31. The zero-order valence-corrected chi connectivity index (χ0v) is 18.5. The van der Waals surface area contributed by atoms with Gasteiger partial charge in [-0.2, -0.15) is 5.10 Å². The predicted octanol–water partition coefficient (Wildman–Crippen LogP) is 2.62. The topological polar surface area (TPSA) is 104 Å². The van der Waals surface area contributed by atoms with Gasteiger partial charge < -0.3 is 20.2 Å². The van der Waals surface area contributed by atoms with E-state index in [4.69, 9.17) is 0 Å². The molecule has 35 heavy (non-hydrogen) atoms. The number of fused-ring (bicyclic) bond motifs is 1. The van der Waals surface area contributed by atoms with Crippen LogP contribution in [-0.2, 0) is 17.9 Å². The number of pyridine rings is 1. The van der Waals surface area contributed by atoms with Gasteiger partial charge in [-0.3, -0.25) is 14.5 Å². The second-order valence-electron chi connectivity index (χ2n) is 8.57. The summed E-state index contributed by atoms with van der Waals surface area (Å²) in [5.41, 5.74) is 1.38. The Morgan fingerprint density at radius 3 is 2.60 bits per heavy atom. The maximum atomic E-state index is 13.6. The van der Waals surface area contributed by atoms with Crippen molar-refractivity contribution in [2.45, 2.75) is 38.1 Å². The molecule has 3 atom stereocenters. The summed E-state index contributed by atoms with van der Waals surface area (Å²) >= 11 is 0. The molecule has 2 aliphatic heterocycles. The smallest absolute Gasteiger partial charge is 0.322 e. The fraction of sp³-hybridized carbons (Fsp3) is 0.304. The van der Waals surface area contributed by atoms with Gasteiger partial charge in [-0.25, -0.2) is 18.0 Å². The molecule has 0 aliphatic carbocycles. The van der Waals surface area contributed by atoms with Gasteiger partial charge in [-0.1, -0.05) is 6.07 Å². The predicted molar refractivity (Wildman–Crippen MR) is 118 cm³/mol. The van der Waals surface area contributed by atoms with Crippen molar-refractivity contribution in [3.8, 4) is 0 Å². The molecule has 0 spiro atoms. The molecule has 2 N–H and O–H groups in total. The number of rotatable bonds is 3. The fourth-order valence-corrected chi connectivity index (χ4v) is 4.49. The molecule has 0 bridgehead atoms. The first-order valence-corrected chi connectivity index (χ1v) is 10.9. The fourth-order valence-electron chi connectivity index (χ4n) is 4.49. The Labute approximate surface area is 197 Å². The first-order chi connectivity index (χ1) is 16.7. The van der Waals surface area contributed by atoms with Crippen LogP contribution in [0.15, 0.2) is 42.7 Å². The third-order valence-corrected chi connectivity index (χ3v) is 6.35. The summed E-state index contributed by atoms with van der Waals surface area (Å²) in [6.07, 6.45) is 1.83. The number of halogens is 3. The quantitative estimate of drug-likeness (QED) is 0.554. The molecule has 5 rings (SSSR count). The second kappa shape index (κ2) is 8.69. The first kappa shape index (κ1) is 22.8. The van der Waals surface area contributed by atoms with Gasteiger partial charge in [0.2, 0.25) is 0 Å². The highest BCUT2D eigenvalue weighted by Gasteiger charge is 2.43. The summed E-state index contributed by atoms with van der Waals surface area (Å²) in [5, 5.41) is 17.3. The van der Waals surface area contributed by atoms with Crippen LogP contribution in [0.3, 0.4) is 0 Å². The Kier molecular flexibility index (Phi) is 5.67. The van der Waals surface area contributed by atoms with Crippen molar-refractivity contribution in [3.05, 3.63) is 71.6 Å². The number of urea groups is 1. The van der Waals surface area contributed by atoms with E-state index in [0.717, 1.165) is 0 Å². The standard InChI is InChI=1S/C23H21F3N6O3/c1-12-9-32-19(11-30(12)23(35)29-13-6-15(24)20(26)16(25)7-13)18(8-28-32)31-10-14(21(33)22(31)34)17-4-2-3-5-27-17/h2-8,12,14,21,33H,9-11H2,1H3,(H,29,35)/t12-,14?,21?/m0/s1. The summed E-state index contributed by atoms with van der Waals surface area (Å²) in [5.74, 6) is -5.47. The molecule has 1 fully saturated rings. The summed E-state index contributed by atoms with van der Waals surface area (Å²) in [6, 6.07) is 5.67. The van der Waals surface area contributed by atoms with E-state index in [1.807, 2.05) is 0 Å². The Balaban J connectivity index is 1.38. The Morgan fingerprint density at radius 2 is 1.91 bits per heavy atom. The van der Waals surface area contributed by atoms with Gasteiger partial charge in [0, 0.05) is 36.3 Å². The summed E-state index contributed by atoms with van der Waals surface area (Å²) in [7, 11) is 0. The highest BCUT2D eigenvalue weighted by molar-refractivity contribution is 6.00. The van der Waals surface area contributed by atoms with Gasteiger partial charge in [-0.15, -0.1) is 0 Å². The van der Waals surface area contributed by atoms with E-state index < -0.39 is 41.4 Å². The highest BCUT2D eigenvalue weighted by atomic mass is 19.2. The number of carbonyl (C=O) groups excluding carboxylic acids is 2. The Bertz CT molecular complexity index is 1280. The number of aliphatic hydroxyl groups excluding tert-OH is 1. The number of carbonyl (C=O) groups is 2. The molecular formula is C23H21F3N6O3. The van der Waals surface area contributed by atoms with Crippen LogP contribution < -0.4 is 10.2 Å². The molecule has 2 aromatic heterocycles. The molecule has 3 aromatic rings. The van der Waals surface area contributed by atoms with E-state index in [-0.39, 0.29) is 24.8 Å². The van der Waals surface area contributed by atoms with E-state index in [9.17, 15) is 27.9 Å². The lowest BCUT2D eigenvalue weighted by Crippen LogP contribution is -2.47. The first-order valence-electron chi connectivity index (χ1n) is 10.9. The van der Waals surface area contributed by atoms with E-state index >= 15 is 0 Å². The van der Waals surface area contributed by atoms with E-state index in [1.54, 1.807) is 36.0 Å². The monoisotopic (exact) mass is 486 g/mol. The van der Waals surface area contributed by atoms with Gasteiger partial charge in [-0.05, 0) is 19.1 Å². The molecule has 1 saturated heterocycles. The number of benzene rings is 1. The van der Waals surface area contributed by atoms with E-state index in [2.05, 4.69) is 15.4 Å². The number of nitrogens with one attached hydrogen (secondary N) is 1. The number of aliphatic hydroxyl groups is 1. The molecule has 2 unspecified atom stereocenters. The van der Waals surface area contributed by atoms with Crippen molar-refractivity contribution in [2.24, 2.45) is 0 Å². The third kappa shape index (κ3) is 3.99. The molecule has 182 valence electrons. The van der Waals surface area contributed by atoms with Crippen molar-refractivity contribution in [2.75, 3.05) is 16.8 Å². The van der Waals surface area contributed by atoms with Crippen LogP contribution in [0.1, 0.15) is 24.2 Å². The number of anilines is 2. The van der Waals surface area contributed by atoms with E-state index in [1.165, 1.54) is 16.0 Å². The Hall–Kier alpha value is -3.93. The molecule has 12 heteroatoms. The maximum absolute atomic E-state index is 13.6. The lowest BCUT2D eigenvalue weighted by atomic mass is 10.0. The third-order valence-electron chi connectivity index (χ3n) is 6.35. The molecule has 4 heterocycles. The molecular weight excluding hydrogens is 465 g/mol. The van der Waals surface area contributed by atoms with Gasteiger partial charge in [0.05, 0.1) is 42.6 Å². The van der Waals surface area contributed by atoms with Gasteiger partial charge in [0.1, 0.15) is 6.10 Å². The Morgan fingerprint density at radius 1 is 1.17 bits per heavy atom. The molecule has 3 amide bonds. The average molecular weight is 486 g/mol. The van der Waals surface area contributed by atoms with Gasteiger partial charge in [0.25, 0.3) is 5.91 Å². The molecule has 9 nitrogen and oxygen atoms in total. The van der Waals surface area contributed by atoms with Crippen molar-refractivity contribution < 1.29 is 27.9 Å².